The van der Waals surface area contributed by atoms with Gasteiger partial charge in [-0.2, -0.15) is 0 Å². The van der Waals surface area contributed by atoms with Crippen molar-refractivity contribution in [3.8, 4) is 0 Å². The lowest BCUT2D eigenvalue weighted by molar-refractivity contribution is -0.118. The SMILES string of the molecule is N=C(CCCCC(=N)S/C(N)=N\C(O)Cc1cccc2ncccc12)SC(=N)NC(=O)Cc1cccc2ncccc12. The first-order valence-electron chi connectivity index (χ1n) is 13.3. The van der Waals surface area contributed by atoms with Crippen molar-refractivity contribution in [2.45, 2.75) is 44.8 Å². The molecule has 0 saturated heterocycles. The molecule has 2 aromatic heterocycles. The van der Waals surface area contributed by atoms with Crippen molar-refractivity contribution >= 4 is 71.7 Å². The lowest BCUT2D eigenvalue weighted by Crippen LogP contribution is -2.29. The van der Waals surface area contributed by atoms with Gasteiger partial charge < -0.3 is 16.2 Å². The second kappa shape index (κ2) is 15.2. The maximum absolute atomic E-state index is 12.5. The summed E-state index contributed by atoms with van der Waals surface area (Å²) in [5.41, 5.74) is 9.36. The Morgan fingerprint density at radius 1 is 0.857 bits per heavy atom. The predicted octanol–water partition coefficient (Wildman–Crippen LogP) is 5.23. The highest BCUT2D eigenvalue weighted by atomic mass is 32.2. The number of amides is 1. The van der Waals surface area contributed by atoms with E-state index in [4.69, 9.17) is 22.0 Å². The number of thioether (sulfide) groups is 2. The Morgan fingerprint density at radius 3 is 2.07 bits per heavy atom. The minimum Gasteiger partial charge on any atom is -0.378 e. The van der Waals surface area contributed by atoms with Crippen molar-refractivity contribution < 1.29 is 9.90 Å². The second-order valence-electron chi connectivity index (χ2n) is 9.44. The van der Waals surface area contributed by atoms with Crippen LogP contribution in [0, 0.1) is 16.2 Å². The summed E-state index contributed by atoms with van der Waals surface area (Å²) >= 11 is 1.93. The van der Waals surface area contributed by atoms with Crippen LogP contribution in [0.4, 0.5) is 0 Å². The van der Waals surface area contributed by atoms with E-state index in [-0.39, 0.29) is 34.1 Å². The zero-order valence-corrected chi connectivity index (χ0v) is 24.5. The molecule has 0 aliphatic carbocycles. The first kappa shape index (κ1) is 30.8. The number of benzene rings is 2. The van der Waals surface area contributed by atoms with Crippen LogP contribution in [0.5, 0.6) is 0 Å². The number of carbonyl (C=O) groups is 1. The van der Waals surface area contributed by atoms with E-state index >= 15 is 0 Å². The number of aliphatic hydroxyl groups excluding tert-OH is 1. The summed E-state index contributed by atoms with van der Waals surface area (Å²) in [6.07, 6.45) is 4.98. The van der Waals surface area contributed by atoms with Crippen molar-refractivity contribution in [2.75, 3.05) is 0 Å². The molecule has 0 spiro atoms. The largest absolute Gasteiger partial charge is 0.378 e. The summed E-state index contributed by atoms with van der Waals surface area (Å²) in [6, 6.07) is 18.8. The highest BCUT2D eigenvalue weighted by molar-refractivity contribution is 8.26. The fourth-order valence-corrected chi connectivity index (χ4v) is 5.70. The van der Waals surface area contributed by atoms with Gasteiger partial charge in [0.15, 0.2) is 16.6 Å². The van der Waals surface area contributed by atoms with Gasteiger partial charge >= 0.3 is 0 Å². The number of aromatic nitrogens is 2. The number of pyridine rings is 2. The first-order valence-corrected chi connectivity index (χ1v) is 15.0. The number of hydrogen-bond donors (Lipinski definition) is 6. The predicted molar refractivity (Wildman–Crippen MR) is 173 cm³/mol. The van der Waals surface area contributed by atoms with Crippen molar-refractivity contribution in [3.05, 3.63) is 84.2 Å². The molecule has 4 aromatic rings. The van der Waals surface area contributed by atoms with E-state index in [1.54, 1.807) is 12.4 Å². The van der Waals surface area contributed by atoms with E-state index in [1.165, 1.54) is 0 Å². The average Bonchev–Trinajstić information content (AvgIpc) is 2.95. The summed E-state index contributed by atoms with van der Waals surface area (Å²) in [7, 11) is 0. The first-order chi connectivity index (χ1) is 20.3. The van der Waals surface area contributed by atoms with Crippen LogP contribution in [0.25, 0.3) is 21.8 Å². The zero-order valence-electron chi connectivity index (χ0n) is 22.8. The normalized spacial score (nSPS) is 12.3. The number of aliphatic imine (C=N–C) groups is 1. The second-order valence-corrected chi connectivity index (χ2v) is 11.7. The lowest BCUT2D eigenvalue weighted by atomic mass is 10.1. The number of nitrogens with one attached hydrogen (secondary N) is 4. The molecule has 216 valence electrons. The molecule has 0 bridgehead atoms. The molecule has 0 aliphatic rings. The van der Waals surface area contributed by atoms with Crippen LogP contribution < -0.4 is 11.1 Å². The third kappa shape index (κ3) is 9.20. The fourth-order valence-electron chi connectivity index (χ4n) is 4.37. The molecule has 42 heavy (non-hydrogen) atoms. The maximum atomic E-state index is 12.5. The monoisotopic (exact) mass is 600 g/mol. The van der Waals surface area contributed by atoms with Crippen LogP contribution in [-0.4, -0.2) is 47.6 Å². The molecule has 0 fully saturated rings. The smallest absolute Gasteiger partial charge is 0.230 e. The van der Waals surface area contributed by atoms with Gasteiger partial charge in [0, 0.05) is 29.6 Å². The van der Waals surface area contributed by atoms with Crippen LogP contribution in [0.3, 0.4) is 0 Å². The number of unbranched alkanes of at least 4 members (excludes halogenated alkanes) is 1. The highest BCUT2D eigenvalue weighted by Crippen LogP contribution is 2.20. The van der Waals surface area contributed by atoms with Gasteiger partial charge in [0.05, 0.1) is 27.5 Å². The molecule has 1 amide bonds. The number of amidine groups is 2. The zero-order chi connectivity index (χ0) is 29.9. The molecule has 2 heterocycles. The van der Waals surface area contributed by atoms with Gasteiger partial charge in [0.1, 0.15) is 0 Å². The lowest BCUT2D eigenvalue weighted by Gasteiger charge is -2.10. The number of nitrogens with two attached hydrogens (primary N) is 1. The van der Waals surface area contributed by atoms with Crippen molar-refractivity contribution in [2.24, 2.45) is 10.7 Å². The Morgan fingerprint density at radius 2 is 1.43 bits per heavy atom. The van der Waals surface area contributed by atoms with Gasteiger partial charge in [-0.15, -0.1) is 0 Å². The summed E-state index contributed by atoms with van der Waals surface area (Å²) in [5, 5.41) is 39.8. The molecule has 1 unspecified atom stereocenters. The topological polar surface area (TPSA) is 185 Å². The quantitative estimate of drug-likeness (QED) is 0.0817. The van der Waals surface area contributed by atoms with Gasteiger partial charge in [0.25, 0.3) is 0 Å². The third-order valence-electron chi connectivity index (χ3n) is 6.27. The van der Waals surface area contributed by atoms with E-state index in [2.05, 4.69) is 20.3 Å². The van der Waals surface area contributed by atoms with E-state index in [0.29, 0.717) is 30.7 Å². The van der Waals surface area contributed by atoms with E-state index in [9.17, 15) is 9.90 Å². The van der Waals surface area contributed by atoms with Gasteiger partial charge in [0.2, 0.25) is 5.91 Å². The summed E-state index contributed by atoms with van der Waals surface area (Å²) in [5.74, 6) is -0.319. The number of fused-ring (bicyclic) bond motifs is 2. The minimum absolute atomic E-state index is 0.0889. The van der Waals surface area contributed by atoms with Crippen molar-refractivity contribution in [1.29, 1.82) is 16.2 Å². The molecule has 10 nitrogen and oxygen atoms in total. The molecule has 1 atom stereocenters. The van der Waals surface area contributed by atoms with Crippen LogP contribution >= 0.6 is 23.5 Å². The van der Waals surface area contributed by atoms with Gasteiger partial charge in [-0.1, -0.05) is 36.4 Å². The molecular weight excluding hydrogens is 569 g/mol. The number of hydrogen-bond acceptors (Lipinski definition) is 10. The minimum atomic E-state index is -1.03. The number of rotatable bonds is 10. The Labute approximate surface area is 252 Å². The number of carbonyl (C=O) groups excluding carboxylic acids is 1. The van der Waals surface area contributed by atoms with E-state index in [1.807, 2.05) is 60.7 Å². The number of aliphatic hydroxyl groups is 1. The Bertz CT molecular complexity index is 1630. The molecule has 4 rings (SSSR count). The molecular formula is C30H32N8O2S2. The van der Waals surface area contributed by atoms with Crippen LogP contribution in [-0.2, 0) is 17.6 Å². The van der Waals surface area contributed by atoms with Crippen molar-refractivity contribution in [1.82, 2.24) is 15.3 Å². The Kier molecular flexibility index (Phi) is 11.2. The van der Waals surface area contributed by atoms with E-state index in [0.717, 1.165) is 56.5 Å². The molecule has 0 saturated carbocycles. The van der Waals surface area contributed by atoms with Gasteiger partial charge in [-0.05, 0) is 84.6 Å². The van der Waals surface area contributed by atoms with Gasteiger partial charge in [-0.25, -0.2) is 4.99 Å². The summed E-state index contributed by atoms with van der Waals surface area (Å²) in [6.45, 7) is 0. The summed E-state index contributed by atoms with van der Waals surface area (Å²) < 4.78 is 0. The Hall–Kier alpha value is -4.13. The van der Waals surface area contributed by atoms with Crippen LogP contribution in [0.15, 0.2) is 78.0 Å². The number of nitrogens with zero attached hydrogens (tertiary/aromatic N) is 3. The molecule has 0 aliphatic heterocycles. The maximum Gasteiger partial charge on any atom is 0.230 e. The van der Waals surface area contributed by atoms with Crippen LogP contribution in [0.1, 0.15) is 36.8 Å². The fraction of sp³-hybridized carbons (Fsp3) is 0.233. The van der Waals surface area contributed by atoms with Crippen LogP contribution in [0.2, 0.25) is 0 Å². The highest BCUT2D eigenvalue weighted by Gasteiger charge is 2.12. The molecule has 7 N–H and O–H groups in total. The van der Waals surface area contributed by atoms with E-state index < -0.39 is 6.23 Å². The molecule has 12 heteroatoms. The average molecular weight is 601 g/mol. The molecule has 2 aromatic carbocycles. The van der Waals surface area contributed by atoms with Gasteiger partial charge in [-0.3, -0.25) is 31.0 Å². The standard InChI is InChI=1S/C30H32N8O2S2/c31-25(41-29(33)37-27(39)17-19-7-3-11-23-21(19)9-5-15-35-23)13-1-2-14-26(32)42-30(34)38-28(40)18-20-8-4-12-24-22(20)10-6-16-36-24/h3-12,15-16,27,31-32,39H,1-2,13-14,17-18H2,(H2,33,37)(H2,34,38,40). The molecule has 0 radical (unpaired) electrons. The Balaban J connectivity index is 1.13. The third-order valence-corrected chi connectivity index (χ3v) is 7.79. The van der Waals surface area contributed by atoms with Crippen molar-refractivity contribution in [3.63, 3.8) is 0 Å². The summed E-state index contributed by atoms with van der Waals surface area (Å²) in [4.78, 5) is 25.2.